The van der Waals surface area contributed by atoms with Gasteiger partial charge in [0.25, 0.3) is 0 Å². The molecule has 1 N–H and O–H groups in total. The first kappa shape index (κ1) is 21.3. The van der Waals surface area contributed by atoms with E-state index >= 15 is 0 Å². The average Bonchev–Trinajstić information content (AvgIpc) is 3.37. The highest BCUT2D eigenvalue weighted by Crippen LogP contribution is 2.34. The van der Waals surface area contributed by atoms with Crippen LogP contribution in [-0.2, 0) is 18.4 Å². The minimum Gasteiger partial charge on any atom is -0.486 e. The predicted octanol–water partition coefficient (Wildman–Crippen LogP) is 3.75. The second-order valence-electron chi connectivity index (χ2n) is 6.89. The molecule has 162 valence electrons. The van der Waals surface area contributed by atoms with Crippen molar-refractivity contribution in [3.63, 3.8) is 0 Å². The lowest BCUT2D eigenvalue weighted by atomic mass is 10.1. The van der Waals surface area contributed by atoms with Crippen LogP contribution in [-0.4, -0.2) is 33.2 Å². The molecule has 31 heavy (non-hydrogen) atoms. The van der Waals surface area contributed by atoms with Gasteiger partial charge in [0.2, 0.25) is 12.7 Å². The van der Waals surface area contributed by atoms with E-state index in [4.69, 9.17) is 25.8 Å². The van der Waals surface area contributed by atoms with Crippen molar-refractivity contribution in [1.82, 2.24) is 20.1 Å². The highest BCUT2D eigenvalue weighted by atomic mass is 35.5. The number of fused-ring (bicyclic) bond motifs is 1. The summed E-state index contributed by atoms with van der Waals surface area (Å²) in [7, 11) is 1.84. The summed E-state index contributed by atoms with van der Waals surface area (Å²) in [6.45, 7) is 2.41. The van der Waals surface area contributed by atoms with Crippen LogP contribution in [0.15, 0.2) is 47.6 Å². The van der Waals surface area contributed by atoms with Gasteiger partial charge in [0.15, 0.2) is 22.5 Å². The number of aromatic nitrogens is 3. The van der Waals surface area contributed by atoms with E-state index in [0.717, 1.165) is 11.3 Å². The van der Waals surface area contributed by atoms with Crippen LogP contribution in [0.5, 0.6) is 17.2 Å². The maximum Gasteiger partial charge on any atom is 0.231 e. The molecule has 0 fully saturated rings. The molecule has 8 nitrogen and oxygen atoms in total. The number of rotatable bonds is 8. The summed E-state index contributed by atoms with van der Waals surface area (Å²) < 4.78 is 18.2. The standard InChI is InChI=1S/C21H21ClN4O4S/c1-13(14-3-8-17-18(9-14)30-12-29-17)23-20(27)11-31-21-25-24-19(26(21)2)10-28-16-6-4-15(22)5-7-16/h3-9,13H,10-12H2,1-2H3,(H,23,27). The van der Waals surface area contributed by atoms with Crippen LogP contribution >= 0.6 is 23.4 Å². The van der Waals surface area contributed by atoms with Crippen LogP contribution < -0.4 is 19.5 Å². The minimum atomic E-state index is -0.162. The molecule has 0 aliphatic carbocycles. The van der Waals surface area contributed by atoms with Crippen molar-refractivity contribution in [2.45, 2.75) is 24.7 Å². The van der Waals surface area contributed by atoms with E-state index in [-0.39, 0.29) is 31.1 Å². The summed E-state index contributed by atoms with van der Waals surface area (Å²) in [5.41, 5.74) is 0.947. The number of nitrogens with one attached hydrogen (secondary N) is 1. The summed E-state index contributed by atoms with van der Waals surface area (Å²) in [4.78, 5) is 12.4. The molecule has 1 amide bonds. The van der Waals surface area contributed by atoms with E-state index in [1.54, 1.807) is 24.3 Å². The summed E-state index contributed by atoms with van der Waals surface area (Å²) in [5.74, 6) is 2.89. The van der Waals surface area contributed by atoms with Crippen molar-refractivity contribution in [2.24, 2.45) is 7.05 Å². The van der Waals surface area contributed by atoms with E-state index in [1.165, 1.54) is 11.8 Å². The van der Waals surface area contributed by atoms with E-state index < -0.39 is 0 Å². The summed E-state index contributed by atoms with van der Waals surface area (Å²) in [6.07, 6.45) is 0. The number of carbonyl (C=O) groups is 1. The Bertz CT molecular complexity index is 1070. The average molecular weight is 461 g/mol. The van der Waals surface area contributed by atoms with Crippen LogP contribution in [0.2, 0.25) is 5.02 Å². The Morgan fingerprint density at radius 1 is 1.23 bits per heavy atom. The topological polar surface area (TPSA) is 87.5 Å². The Morgan fingerprint density at radius 3 is 2.81 bits per heavy atom. The molecular formula is C21H21ClN4O4S. The number of nitrogens with zero attached hydrogens (tertiary/aromatic N) is 3. The number of hydrogen-bond donors (Lipinski definition) is 1. The van der Waals surface area contributed by atoms with E-state index in [2.05, 4.69) is 15.5 Å². The van der Waals surface area contributed by atoms with Crippen molar-refractivity contribution in [3.05, 3.63) is 58.9 Å². The maximum atomic E-state index is 12.4. The van der Waals surface area contributed by atoms with Crippen LogP contribution in [0, 0.1) is 0 Å². The third-order valence-electron chi connectivity index (χ3n) is 4.71. The van der Waals surface area contributed by atoms with Crippen LogP contribution in [0.25, 0.3) is 0 Å². The molecule has 0 radical (unpaired) electrons. The number of ether oxygens (including phenoxy) is 3. The highest BCUT2D eigenvalue weighted by Gasteiger charge is 2.18. The molecule has 1 atom stereocenters. The molecule has 0 saturated heterocycles. The number of benzene rings is 2. The largest absolute Gasteiger partial charge is 0.486 e. The SMILES string of the molecule is CC(NC(=O)CSc1nnc(COc2ccc(Cl)cc2)n1C)c1ccc2c(c1)OCO2. The van der Waals surface area contributed by atoms with Gasteiger partial charge in [0.1, 0.15) is 12.4 Å². The Kier molecular flexibility index (Phi) is 6.53. The van der Waals surface area contributed by atoms with Gasteiger partial charge in [0, 0.05) is 12.1 Å². The quantitative estimate of drug-likeness (QED) is 0.512. The van der Waals surface area contributed by atoms with Crippen LogP contribution in [0.4, 0.5) is 0 Å². The second kappa shape index (κ2) is 9.49. The van der Waals surface area contributed by atoms with E-state index in [1.807, 2.05) is 36.7 Å². The number of carbonyl (C=O) groups excluding carboxylic acids is 1. The van der Waals surface area contributed by atoms with Crippen molar-refractivity contribution >= 4 is 29.3 Å². The maximum absolute atomic E-state index is 12.4. The lowest BCUT2D eigenvalue weighted by Crippen LogP contribution is -2.28. The monoisotopic (exact) mass is 460 g/mol. The third-order valence-corrected chi connectivity index (χ3v) is 5.99. The van der Waals surface area contributed by atoms with Crippen molar-refractivity contribution in [1.29, 1.82) is 0 Å². The fraction of sp³-hybridized carbons (Fsp3) is 0.286. The zero-order chi connectivity index (χ0) is 21.8. The van der Waals surface area contributed by atoms with Crippen molar-refractivity contribution < 1.29 is 19.0 Å². The van der Waals surface area contributed by atoms with E-state index in [9.17, 15) is 4.79 Å². The smallest absolute Gasteiger partial charge is 0.231 e. The number of amides is 1. The Hall–Kier alpha value is -2.91. The zero-order valence-corrected chi connectivity index (χ0v) is 18.6. The Morgan fingerprint density at radius 2 is 2.00 bits per heavy atom. The van der Waals surface area contributed by atoms with Gasteiger partial charge in [-0.25, -0.2) is 0 Å². The lowest BCUT2D eigenvalue weighted by molar-refractivity contribution is -0.119. The molecule has 1 aliphatic rings. The van der Waals surface area contributed by atoms with E-state index in [0.29, 0.717) is 27.5 Å². The fourth-order valence-electron chi connectivity index (χ4n) is 2.95. The predicted molar refractivity (Wildman–Crippen MR) is 117 cm³/mol. The molecule has 1 unspecified atom stereocenters. The molecule has 3 aromatic rings. The fourth-order valence-corrected chi connectivity index (χ4v) is 3.82. The van der Waals surface area contributed by atoms with Crippen molar-refractivity contribution in [3.8, 4) is 17.2 Å². The number of hydrogen-bond acceptors (Lipinski definition) is 7. The van der Waals surface area contributed by atoms with Gasteiger partial charge in [-0.05, 0) is 48.9 Å². The lowest BCUT2D eigenvalue weighted by Gasteiger charge is -2.14. The first-order valence-electron chi connectivity index (χ1n) is 9.58. The molecule has 0 spiro atoms. The molecular weight excluding hydrogens is 440 g/mol. The zero-order valence-electron chi connectivity index (χ0n) is 17.0. The minimum absolute atomic E-state index is 0.0999. The molecule has 0 bridgehead atoms. The first-order valence-corrected chi connectivity index (χ1v) is 10.9. The van der Waals surface area contributed by atoms with Crippen molar-refractivity contribution in [2.75, 3.05) is 12.5 Å². The molecule has 2 aromatic carbocycles. The Balaban J connectivity index is 1.27. The second-order valence-corrected chi connectivity index (χ2v) is 8.27. The molecule has 0 saturated carbocycles. The third kappa shape index (κ3) is 5.23. The number of thioether (sulfide) groups is 1. The van der Waals surface area contributed by atoms with Gasteiger partial charge >= 0.3 is 0 Å². The number of halogens is 1. The molecule has 4 rings (SSSR count). The molecule has 10 heteroatoms. The van der Waals surface area contributed by atoms with Gasteiger partial charge in [-0.3, -0.25) is 4.79 Å². The molecule has 1 aliphatic heterocycles. The summed E-state index contributed by atoms with van der Waals surface area (Å²) >= 11 is 7.19. The van der Waals surface area contributed by atoms with Gasteiger partial charge in [-0.2, -0.15) is 0 Å². The summed E-state index contributed by atoms with van der Waals surface area (Å²) in [6, 6.07) is 12.6. The Labute approximate surface area is 188 Å². The molecule has 1 aromatic heterocycles. The molecule has 2 heterocycles. The van der Waals surface area contributed by atoms with Crippen LogP contribution in [0.1, 0.15) is 24.4 Å². The summed E-state index contributed by atoms with van der Waals surface area (Å²) in [5, 5.41) is 12.6. The van der Waals surface area contributed by atoms with Crippen LogP contribution in [0.3, 0.4) is 0 Å². The highest BCUT2D eigenvalue weighted by molar-refractivity contribution is 7.99. The van der Waals surface area contributed by atoms with Gasteiger partial charge < -0.3 is 24.1 Å². The normalized spacial score (nSPS) is 13.1. The first-order chi connectivity index (χ1) is 15.0. The van der Waals surface area contributed by atoms with Gasteiger partial charge in [-0.15, -0.1) is 10.2 Å². The van der Waals surface area contributed by atoms with Gasteiger partial charge in [-0.1, -0.05) is 29.4 Å². The van der Waals surface area contributed by atoms with Gasteiger partial charge in [0.05, 0.1) is 11.8 Å².